The molecule has 0 atom stereocenters. The number of methoxy groups -OCH3 is 2. The first-order valence-electron chi connectivity index (χ1n) is 6.93. The third kappa shape index (κ3) is 4.39. The van der Waals surface area contributed by atoms with Gasteiger partial charge in [0.1, 0.15) is 6.61 Å². The Morgan fingerprint density at radius 1 is 0.857 bits per heavy atom. The van der Waals surface area contributed by atoms with Crippen LogP contribution in [-0.4, -0.2) is 27.4 Å². The minimum atomic E-state index is 0.566. The van der Waals surface area contributed by atoms with Crippen molar-refractivity contribution in [2.75, 3.05) is 27.4 Å². The van der Waals surface area contributed by atoms with Gasteiger partial charge < -0.3 is 19.5 Å². The van der Waals surface area contributed by atoms with E-state index in [9.17, 15) is 0 Å². The molecule has 0 spiro atoms. The molecule has 1 N–H and O–H groups in total. The van der Waals surface area contributed by atoms with E-state index >= 15 is 0 Å². The Kier molecular flexibility index (Phi) is 5.91. The molecule has 0 saturated carbocycles. The molecule has 2 aromatic carbocycles. The number of benzene rings is 2. The molecule has 0 radical (unpaired) electrons. The van der Waals surface area contributed by atoms with Gasteiger partial charge in [0.15, 0.2) is 11.5 Å². The maximum Gasteiger partial charge on any atom is 0.203 e. The molecule has 112 valence electrons. The lowest BCUT2D eigenvalue weighted by Gasteiger charge is -2.13. The summed E-state index contributed by atoms with van der Waals surface area (Å²) in [7, 11) is 3.22. The number of hydrogen-bond donors (Lipinski definition) is 1. The highest BCUT2D eigenvalue weighted by Gasteiger charge is 2.09. The van der Waals surface area contributed by atoms with Gasteiger partial charge in [0, 0.05) is 13.1 Å². The van der Waals surface area contributed by atoms with Gasteiger partial charge in [0.2, 0.25) is 5.75 Å². The van der Waals surface area contributed by atoms with Crippen LogP contribution in [0.25, 0.3) is 0 Å². The molecule has 0 bridgehead atoms. The summed E-state index contributed by atoms with van der Waals surface area (Å²) < 4.78 is 16.3. The van der Waals surface area contributed by atoms with Crippen molar-refractivity contribution in [2.24, 2.45) is 0 Å². The molecule has 0 amide bonds. The normalized spacial score (nSPS) is 10.2. The van der Waals surface area contributed by atoms with Gasteiger partial charge in [-0.1, -0.05) is 36.4 Å². The Hall–Kier alpha value is -2.20. The highest BCUT2D eigenvalue weighted by Crippen LogP contribution is 2.36. The average molecular weight is 287 g/mol. The molecule has 0 aromatic heterocycles. The molecule has 4 heteroatoms. The smallest absolute Gasteiger partial charge is 0.203 e. The van der Waals surface area contributed by atoms with E-state index < -0.39 is 0 Å². The number of rotatable bonds is 8. The summed E-state index contributed by atoms with van der Waals surface area (Å²) in [6.45, 7) is 2.16. The van der Waals surface area contributed by atoms with Crippen LogP contribution in [0.5, 0.6) is 17.2 Å². The number of ether oxygens (including phenoxy) is 3. The zero-order valence-electron chi connectivity index (χ0n) is 12.5. The van der Waals surface area contributed by atoms with Crippen LogP contribution >= 0.6 is 0 Å². The van der Waals surface area contributed by atoms with Crippen LogP contribution < -0.4 is 19.5 Å². The van der Waals surface area contributed by atoms with E-state index in [0.717, 1.165) is 13.1 Å². The number of nitrogens with one attached hydrogen (secondary N) is 1. The third-order valence-electron chi connectivity index (χ3n) is 3.08. The van der Waals surface area contributed by atoms with E-state index in [4.69, 9.17) is 14.2 Å². The Morgan fingerprint density at radius 3 is 2.33 bits per heavy atom. The molecule has 0 aliphatic heterocycles. The Morgan fingerprint density at radius 2 is 1.62 bits per heavy atom. The van der Waals surface area contributed by atoms with E-state index in [-0.39, 0.29) is 0 Å². The van der Waals surface area contributed by atoms with Crippen molar-refractivity contribution in [2.45, 2.75) is 6.54 Å². The number of para-hydroxylation sites is 1. The number of hydrogen-bond acceptors (Lipinski definition) is 4. The van der Waals surface area contributed by atoms with E-state index in [1.807, 2.05) is 36.4 Å². The molecule has 0 aliphatic carbocycles. The van der Waals surface area contributed by atoms with Gasteiger partial charge in [-0.25, -0.2) is 0 Å². The van der Waals surface area contributed by atoms with Crippen molar-refractivity contribution in [1.29, 1.82) is 0 Å². The maximum atomic E-state index is 5.74. The fraction of sp³-hybridized carbons (Fsp3) is 0.294. The highest BCUT2D eigenvalue weighted by molar-refractivity contribution is 5.50. The topological polar surface area (TPSA) is 39.7 Å². The molecule has 0 unspecified atom stereocenters. The Labute approximate surface area is 125 Å². The van der Waals surface area contributed by atoms with Gasteiger partial charge in [0.05, 0.1) is 14.2 Å². The maximum absolute atomic E-state index is 5.74. The van der Waals surface area contributed by atoms with Gasteiger partial charge in [-0.05, 0) is 17.7 Å². The summed E-state index contributed by atoms with van der Waals surface area (Å²) in [6, 6.07) is 15.9. The van der Waals surface area contributed by atoms with Gasteiger partial charge in [0.25, 0.3) is 0 Å². The van der Waals surface area contributed by atoms with Gasteiger partial charge >= 0.3 is 0 Å². The minimum absolute atomic E-state index is 0.566. The monoisotopic (exact) mass is 287 g/mol. The Bertz CT molecular complexity index is 543. The molecule has 2 rings (SSSR count). The summed E-state index contributed by atoms with van der Waals surface area (Å²) in [4.78, 5) is 0. The van der Waals surface area contributed by atoms with Crippen LogP contribution in [0.2, 0.25) is 0 Å². The predicted octanol–water partition coefficient (Wildman–Crippen LogP) is 2.87. The average Bonchev–Trinajstić information content (AvgIpc) is 2.55. The van der Waals surface area contributed by atoms with Crippen molar-refractivity contribution < 1.29 is 14.2 Å². The first kappa shape index (κ1) is 15.2. The second-order valence-electron chi connectivity index (χ2n) is 4.50. The largest absolute Gasteiger partial charge is 0.493 e. The molecule has 4 nitrogen and oxygen atoms in total. The lowest BCUT2D eigenvalue weighted by atomic mass is 10.2. The van der Waals surface area contributed by atoms with Crippen LogP contribution in [0.1, 0.15) is 5.56 Å². The lowest BCUT2D eigenvalue weighted by Crippen LogP contribution is -2.20. The quantitative estimate of drug-likeness (QED) is 0.758. The molecule has 0 heterocycles. The van der Waals surface area contributed by atoms with E-state index in [1.165, 1.54) is 5.56 Å². The second kappa shape index (κ2) is 8.17. The molecule has 0 fully saturated rings. The molecule has 0 saturated heterocycles. The van der Waals surface area contributed by atoms with Crippen molar-refractivity contribution >= 4 is 0 Å². The fourth-order valence-electron chi connectivity index (χ4n) is 2.03. The summed E-state index contributed by atoms with van der Waals surface area (Å²) in [5.41, 5.74) is 1.26. The van der Waals surface area contributed by atoms with Crippen LogP contribution in [-0.2, 0) is 6.54 Å². The van der Waals surface area contributed by atoms with Gasteiger partial charge in [-0.15, -0.1) is 0 Å². The van der Waals surface area contributed by atoms with Crippen LogP contribution in [0.15, 0.2) is 48.5 Å². The van der Waals surface area contributed by atoms with E-state index in [1.54, 1.807) is 14.2 Å². The molecular formula is C17H21NO3. The first-order chi connectivity index (χ1) is 10.3. The zero-order chi connectivity index (χ0) is 14.9. The summed E-state index contributed by atoms with van der Waals surface area (Å²) in [6.07, 6.45) is 0. The summed E-state index contributed by atoms with van der Waals surface area (Å²) in [5, 5.41) is 3.34. The van der Waals surface area contributed by atoms with Crippen molar-refractivity contribution in [3.8, 4) is 17.2 Å². The molecule has 21 heavy (non-hydrogen) atoms. The zero-order valence-corrected chi connectivity index (χ0v) is 12.5. The molecular weight excluding hydrogens is 266 g/mol. The molecule has 2 aromatic rings. The van der Waals surface area contributed by atoms with Gasteiger partial charge in [-0.3, -0.25) is 0 Å². The van der Waals surface area contributed by atoms with Crippen molar-refractivity contribution in [1.82, 2.24) is 5.32 Å². The third-order valence-corrected chi connectivity index (χ3v) is 3.08. The van der Waals surface area contributed by atoms with E-state index in [2.05, 4.69) is 17.4 Å². The van der Waals surface area contributed by atoms with Crippen LogP contribution in [0, 0.1) is 0 Å². The van der Waals surface area contributed by atoms with Crippen LogP contribution in [0.4, 0.5) is 0 Å². The van der Waals surface area contributed by atoms with Crippen LogP contribution in [0.3, 0.4) is 0 Å². The summed E-state index contributed by atoms with van der Waals surface area (Å²) in [5.74, 6) is 1.99. The SMILES string of the molecule is COc1cccc(OCCNCc2ccccc2)c1OC. The highest BCUT2D eigenvalue weighted by atomic mass is 16.5. The predicted molar refractivity (Wildman–Crippen MR) is 83.2 cm³/mol. The standard InChI is InChI=1S/C17H21NO3/c1-19-15-9-6-10-16(17(15)20-2)21-12-11-18-13-14-7-4-3-5-8-14/h3-10,18H,11-13H2,1-2H3. The summed E-state index contributed by atoms with van der Waals surface area (Å²) >= 11 is 0. The lowest BCUT2D eigenvalue weighted by molar-refractivity contribution is 0.282. The molecule has 0 aliphatic rings. The van der Waals surface area contributed by atoms with Crippen molar-refractivity contribution in [3.05, 3.63) is 54.1 Å². The first-order valence-corrected chi connectivity index (χ1v) is 6.93. The second-order valence-corrected chi connectivity index (χ2v) is 4.50. The van der Waals surface area contributed by atoms with E-state index in [0.29, 0.717) is 23.9 Å². The van der Waals surface area contributed by atoms with Gasteiger partial charge in [-0.2, -0.15) is 0 Å². The minimum Gasteiger partial charge on any atom is -0.493 e. The van der Waals surface area contributed by atoms with Crippen molar-refractivity contribution in [3.63, 3.8) is 0 Å². The fourth-order valence-corrected chi connectivity index (χ4v) is 2.03. The Balaban J connectivity index is 1.78.